The van der Waals surface area contributed by atoms with Crippen molar-refractivity contribution in [1.82, 2.24) is 4.98 Å². The Balaban J connectivity index is 1.75. The first-order valence-corrected chi connectivity index (χ1v) is 12.0. The molecule has 1 amide bonds. The molecule has 1 aromatic heterocycles. The number of benzene rings is 2. The quantitative estimate of drug-likeness (QED) is 0.209. The predicted octanol–water partition coefficient (Wildman–Crippen LogP) is 4.60. The van der Waals surface area contributed by atoms with E-state index in [9.17, 15) is 19.5 Å². The molecule has 190 valence electrons. The molecule has 1 atom stereocenters. The lowest BCUT2D eigenvalue weighted by atomic mass is 9.95. The lowest BCUT2D eigenvalue weighted by molar-refractivity contribution is -0.142. The first kappa shape index (κ1) is 25.6. The zero-order valence-electron chi connectivity index (χ0n) is 20.9. The van der Waals surface area contributed by atoms with E-state index in [-0.39, 0.29) is 29.8 Å². The van der Waals surface area contributed by atoms with Crippen LogP contribution < -0.4 is 9.64 Å². The third-order valence-corrected chi connectivity index (χ3v) is 5.83. The van der Waals surface area contributed by atoms with Crippen molar-refractivity contribution in [3.8, 4) is 5.75 Å². The maximum absolute atomic E-state index is 13.3. The highest BCUT2D eigenvalue weighted by atomic mass is 16.5. The molecule has 1 aliphatic rings. The zero-order chi connectivity index (χ0) is 26.5. The van der Waals surface area contributed by atoms with Gasteiger partial charge in [0.1, 0.15) is 11.5 Å². The topological polar surface area (TPSA) is 106 Å². The number of hydrogen-bond acceptors (Lipinski definition) is 7. The Morgan fingerprint density at radius 3 is 2.24 bits per heavy atom. The number of aliphatic hydroxyl groups is 1. The zero-order valence-corrected chi connectivity index (χ0v) is 20.9. The van der Waals surface area contributed by atoms with E-state index in [1.54, 1.807) is 80.0 Å². The number of ether oxygens (including phenoxy) is 2. The minimum Gasteiger partial charge on any atom is -0.507 e. The number of ketones is 1. The van der Waals surface area contributed by atoms with Crippen LogP contribution in [0.5, 0.6) is 5.75 Å². The normalized spacial score (nSPS) is 16.8. The van der Waals surface area contributed by atoms with Crippen molar-refractivity contribution in [2.45, 2.75) is 39.3 Å². The molecule has 0 aliphatic carbocycles. The minimum atomic E-state index is -0.870. The number of aliphatic hydroxyl groups excluding tert-OH is 1. The monoisotopic (exact) mass is 500 g/mol. The van der Waals surface area contributed by atoms with Gasteiger partial charge in [-0.2, -0.15) is 0 Å². The Hall–Kier alpha value is -4.46. The van der Waals surface area contributed by atoms with Crippen molar-refractivity contribution in [2.75, 3.05) is 11.5 Å². The fourth-order valence-electron chi connectivity index (χ4n) is 4.23. The molecular formula is C29H28N2O6. The van der Waals surface area contributed by atoms with E-state index < -0.39 is 17.7 Å². The predicted molar refractivity (Wildman–Crippen MR) is 138 cm³/mol. The maximum atomic E-state index is 13.3. The molecule has 1 saturated heterocycles. The van der Waals surface area contributed by atoms with Crippen molar-refractivity contribution < 1.29 is 29.0 Å². The summed E-state index contributed by atoms with van der Waals surface area (Å²) in [5, 5.41) is 11.2. The second kappa shape index (κ2) is 11.1. The van der Waals surface area contributed by atoms with E-state index in [2.05, 4.69) is 4.98 Å². The second-order valence-corrected chi connectivity index (χ2v) is 8.79. The molecule has 2 heterocycles. The molecule has 1 aliphatic heterocycles. The van der Waals surface area contributed by atoms with Crippen LogP contribution in [0.2, 0.25) is 0 Å². The summed E-state index contributed by atoms with van der Waals surface area (Å²) in [5.41, 5.74) is 2.15. The molecule has 0 bridgehead atoms. The molecule has 37 heavy (non-hydrogen) atoms. The van der Waals surface area contributed by atoms with Gasteiger partial charge in [-0.3, -0.25) is 24.3 Å². The molecular weight excluding hydrogens is 472 g/mol. The molecule has 0 saturated carbocycles. The van der Waals surface area contributed by atoms with E-state index in [4.69, 9.17) is 9.47 Å². The van der Waals surface area contributed by atoms with Gasteiger partial charge in [-0.05, 0) is 80.4 Å². The molecule has 1 N–H and O–H groups in total. The standard InChI is InChI=1S/C29H28N2O6/c1-4-36-24(32)17-19-5-9-22(10-6-19)31-26(20-13-15-30-16-14-20)25(28(34)29(31)35)27(33)21-7-11-23(12-8-21)37-18(2)3/h5-16,18,26,33H,4,17H2,1-3H3/b27-25-. The number of carbonyl (C=O) groups is 3. The van der Waals surface area contributed by atoms with Gasteiger partial charge in [-0.25, -0.2) is 0 Å². The van der Waals surface area contributed by atoms with Crippen LogP contribution in [0, 0.1) is 0 Å². The Morgan fingerprint density at radius 1 is 1.00 bits per heavy atom. The summed E-state index contributed by atoms with van der Waals surface area (Å²) >= 11 is 0. The van der Waals surface area contributed by atoms with Gasteiger partial charge >= 0.3 is 5.97 Å². The Bertz CT molecular complexity index is 1310. The van der Waals surface area contributed by atoms with Crippen LogP contribution in [-0.4, -0.2) is 40.5 Å². The molecule has 0 radical (unpaired) electrons. The number of pyridine rings is 1. The summed E-state index contributed by atoms with van der Waals surface area (Å²) < 4.78 is 10.7. The van der Waals surface area contributed by atoms with Crippen molar-refractivity contribution in [2.24, 2.45) is 0 Å². The van der Waals surface area contributed by atoms with Crippen LogP contribution in [-0.2, 0) is 25.5 Å². The highest BCUT2D eigenvalue weighted by Crippen LogP contribution is 2.42. The molecule has 0 spiro atoms. The summed E-state index contributed by atoms with van der Waals surface area (Å²) in [4.78, 5) is 43.8. The summed E-state index contributed by atoms with van der Waals surface area (Å²) in [7, 11) is 0. The number of aromatic nitrogens is 1. The lowest BCUT2D eigenvalue weighted by Gasteiger charge is -2.25. The number of rotatable bonds is 8. The van der Waals surface area contributed by atoms with Gasteiger partial charge in [0.15, 0.2) is 0 Å². The minimum absolute atomic E-state index is 0.0138. The van der Waals surface area contributed by atoms with E-state index in [0.29, 0.717) is 34.7 Å². The van der Waals surface area contributed by atoms with Crippen LogP contribution in [0.4, 0.5) is 5.69 Å². The van der Waals surface area contributed by atoms with Gasteiger partial charge < -0.3 is 14.6 Å². The average molecular weight is 501 g/mol. The fraction of sp³-hybridized carbons (Fsp3) is 0.241. The first-order chi connectivity index (χ1) is 17.8. The van der Waals surface area contributed by atoms with Gasteiger partial charge in [0.05, 0.1) is 30.7 Å². The summed E-state index contributed by atoms with van der Waals surface area (Å²) in [6, 6.07) is 16.0. The van der Waals surface area contributed by atoms with Crippen molar-refractivity contribution >= 4 is 29.1 Å². The number of amides is 1. The highest BCUT2D eigenvalue weighted by molar-refractivity contribution is 6.51. The average Bonchev–Trinajstić information content (AvgIpc) is 3.15. The Morgan fingerprint density at radius 2 is 1.65 bits per heavy atom. The van der Waals surface area contributed by atoms with Gasteiger partial charge in [0.2, 0.25) is 0 Å². The molecule has 4 rings (SSSR count). The van der Waals surface area contributed by atoms with E-state index in [1.807, 2.05) is 13.8 Å². The molecule has 3 aromatic rings. The second-order valence-electron chi connectivity index (χ2n) is 8.79. The number of esters is 1. The lowest BCUT2D eigenvalue weighted by Crippen LogP contribution is -2.29. The smallest absolute Gasteiger partial charge is 0.310 e. The van der Waals surface area contributed by atoms with Gasteiger partial charge in [-0.1, -0.05) is 12.1 Å². The van der Waals surface area contributed by atoms with Crippen LogP contribution >= 0.6 is 0 Å². The largest absolute Gasteiger partial charge is 0.507 e. The number of hydrogen-bond donors (Lipinski definition) is 1. The van der Waals surface area contributed by atoms with Crippen LogP contribution in [0.25, 0.3) is 5.76 Å². The SMILES string of the molecule is CCOC(=O)Cc1ccc(N2C(=O)C(=O)/C(=C(\O)c3ccc(OC(C)C)cc3)C2c2ccncc2)cc1. The number of nitrogens with zero attached hydrogens (tertiary/aromatic N) is 2. The first-order valence-electron chi connectivity index (χ1n) is 12.0. The Kier molecular flexibility index (Phi) is 7.67. The number of anilines is 1. The highest BCUT2D eigenvalue weighted by Gasteiger charge is 2.47. The summed E-state index contributed by atoms with van der Waals surface area (Å²) in [5.74, 6) is -1.56. The van der Waals surface area contributed by atoms with Gasteiger partial charge in [0.25, 0.3) is 11.7 Å². The van der Waals surface area contributed by atoms with Crippen molar-refractivity contribution in [1.29, 1.82) is 0 Å². The Labute approximate surface area is 215 Å². The van der Waals surface area contributed by atoms with E-state index in [1.165, 1.54) is 4.90 Å². The third-order valence-electron chi connectivity index (χ3n) is 5.83. The van der Waals surface area contributed by atoms with Crippen molar-refractivity contribution in [3.63, 3.8) is 0 Å². The van der Waals surface area contributed by atoms with Crippen LogP contribution in [0.1, 0.15) is 43.5 Å². The fourth-order valence-corrected chi connectivity index (χ4v) is 4.23. The van der Waals surface area contributed by atoms with E-state index >= 15 is 0 Å². The third kappa shape index (κ3) is 5.53. The van der Waals surface area contributed by atoms with Crippen molar-refractivity contribution in [3.05, 3.63) is 95.3 Å². The summed E-state index contributed by atoms with van der Waals surface area (Å²) in [6.45, 7) is 5.85. The number of carbonyl (C=O) groups excluding carboxylic acids is 3. The summed E-state index contributed by atoms with van der Waals surface area (Å²) in [6.07, 6.45) is 3.21. The number of Topliss-reactive ketones (excluding diaryl/α,β-unsaturated/α-hetero) is 1. The molecule has 8 nitrogen and oxygen atoms in total. The van der Waals surface area contributed by atoms with Crippen LogP contribution in [0.3, 0.4) is 0 Å². The van der Waals surface area contributed by atoms with Gasteiger partial charge in [-0.15, -0.1) is 0 Å². The molecule has 2 aromatic carbocycles. The molecule has 1 unspecified atom stereocenters. The maximum Gasteiger partial charge on any atom is 0.310 e. The van der Waals surface area contributed by atoms with E-state index in [0.717, 1.165) is 0 Å². The van der Waals surface area contributed by atoms with Crippen LogP contribution in [0.15, 0.2) is 78.6 Å². The molecule has 8 heteroatoms. The van der Waals surface area contributed by atoms with Gasteiger partial charge in [0, 0.05) is 23.6 Å². The molecule has 1 fully saturated rings.